The molecule has 1 aromatic rings. The van der Waals surface area contributed by atoms with Crippen LogP contribution < -0.4 is 0 Å². The molecule has 1 aromatic heterocycles. The zero-order chi connectivity index (χ0) is 11.2. The summed E-state index contributed by atoms with van der Waals surface area (Å²) < 4.78 is 5.27. The molecule has 0 amide bonds. The molecule has 0 atom stereocenters. The molecule has 0 bridgehead atoms. The molecular weight excluding hydrogens is 222 g/mol. The number of thiophene rings is 1. The Morgan fingerprint density at radius 2 is 2.25 bits per heavy atom. The van der Waals surface area contributed by atoms with E-state index in [0.717, 1.165) is 32.8 Å². The highest BCUT2D eigenvalue weighted by Gasteiger charge is 2.12. The van der Waals surface area contributed by atoms with Gasteiger partial charge >= 0.3 is 0 Å². The molecule has 0 radical (unpaired) electrons. The number of morpholine rings is 1. The van der Waals surface area contributed by atoms with Crippen molar-refractivity contribution in [2.45, 2.75) is 12.8 Å². The Bertz CT molecular complexity index is 318. The SMILES string of the molecule is O=C(CCN1CCOCC1)Cc1cccs1. The fourth-order valence-electron chi connectivity index (χ4n) is 1.80. The van der Waals surface area contributed by atoms with Gasteiger partial charge in [-0.3, -0.25) is 9.69 Å². The Kier molecular flexibility index (Phi) is 4.51. The highest BCUT2D eigenvalue weighted by Crippen LogP contribution is 2.10. The van der Waals surface area contributed by atoms with E-state index in [9.17, 15) is 4.79 Å². The van der Waals surface area contributed by atoms with E-state index in [0.29, 0.717) is 18.6 Å². The fraction of sp³-hybridized carbons (Fsp3) is 0.583. The molecule has 0 aromatic carbocycles. The number of Topliss-reactive ketones (excluding diaryl/α,β-unsaturated/α-hetero) is 1. The van der Waals surface area contributed by atoms with Crippen LogP contribution in [0.2, 0.25) is 0 Å². The zero-order valence-corrected chi connectivity index (χ0v) is 10.2. The molecule has 0 spiro atoms. The highest BCUT2D eigenvalue weighted by atomic mass is 32.1. The summed E-state index contributed by atoms with van der Waals surface area (Å²) in [6.45, 7) is 4.42. The molecule has 4 heteroatoms. The molecule has 0 unspecified atom stereocenters. The standard InChI is InChI=1S/C12H17NO2S/c14-11(10-12-2-1-9-16-12)3-4-13-5-7-15-8-6-13/h1-2,9H,3-8,10H2. The molecule has 88 valence electrons. The quantitative estimate of drug-likeness (QED) is 0.781. The maximum absolute atomic E-state index is 11.7. The van der Waals surface area contributed by atoms with Crippen LogP contribution in [0.5, 0.6) is 0 Å². The number of hydrogen-bond acceptors (Lipinski definition) is 4. The van der Waals surface area contributed by atoms with Gasteiger partial charge in [-0.25, -0.2) is 0 Å². The molecule has 3 nitrogen and oxygen atoms in total. The smallest absolute Gasteiger partial charge is 0.139 e. The summed E-state index contributed by atoms with van der Waals surface area (Å²) in [6.07, 6.45) is 1.26. The van der Waals surface area contributed by atoms with Crippen LogP contribution in [-0.4, -0.2) is 43.5 Å². The van der Waals surface area contributed by atoms with Crippen molar-refractivity contribution >= 4 is 17.1 Å². The third-order valence-electron chi connectivity index (χ3n) is 2.76. The van der Waals surface area contributed by atoms with E-state index in [1.165, 1.54) is 4.88 Å². The zero-order valence-electron chi connectivity index (χ0n) is 9.35. The monoisotopic (exact) mass is 239 g/mol. The van der Waals surface area contributed by atoms with Crippen LogP contribution in [0.1, 0.15) is 11.3 Å². The molecule has 0 saturated carbocycles. The van der Waals surface area contributed by atoms with Crippen LogP contribution in [0, 0.1) is 0 Å². The number of carbonyl (C=O) groups is 1. The largest absolute Gasteiger partial charge is 0.379 e. The second kappa shape index (κ2) is 6.13. The number of ketones is 1. The molecule has 0 aliphatic carbocycles. The summed E-state index contributed by atoms with van der Waals surface area (Å²) in [5.41, 5.74) is 0. The maximum atomic E-state index is 11.7. The number of ether oxygens (including phenoxy) is 1. The van der Waals surface area contributed by atoms with Crippen molar-refractivity contribution in [2.75, 3.05) is 32.8 Å². The fourth-order valence-corrected chi connectivity index (χ4v) is 2.54. The van der Waals surface area contributed by atoms with Crippen molar-refractivity contribution in [3.05, 3.63) is 22.4 Å². The molecule has 1 aliphatic heterocycles. The summed E-state index contributed by atoms with van der Waals surface area (Å²) in [4.78, 5) is 15.2. The van der Waals surface area contributed by atoms with Crippen molar-refractivity contribution < 1.29 is 9.53 Å². The lowest BCUT2D eigenvalue weighted by Gasteiger charge is -2.26. The summed E-state index contributed by atoms with van der Waals surface area (Å²) in [7, 11) is 0. The van der Waals surface area contributed by atoms with Gasteiger partial charge in [-0.15, -0.1) is 11.3 Å². The van der Waals surface area contributed by atoms with Gasteiger partial charge in [0.1, 0.15) is 5.78 Å². The lowest BCUT2D eigenvalue weighted by atomic mass is 10.2. The van der Waals surface area contributed by atoms with E-state index in [1.807, 2.05) is 17.5 Å². The minimum atomic E-state index is 0.342. The molecule has 0 N–H and O–H groups in total. The maximum Gasteiger partial charge on any atom is 0.139 e. The van der Waals surface area contributed by atoms with E-state index < -0.39 is 0 Å². The summed E-state index contributed by atoms with van der Waals surface area (Å²) in [5, 5.41) is 2.02. The van der Waals surface area contributed by atoms with Crippen molar-refractivity contribution in [2.24, 2.45) is 0 Å². The van der Waals surface area contributed by atoms with Crippen molar-refractivity contribution in [3.8, 4) is 0 Å². The van der Waals surface area contributed by atoms with Crippen LogP contribution in [0.3, 0.4) is 0 Å². The second-order valence-electron chi connectivity index (χ2n) is 4.00. The van der Waals surface area contributed by atoms with Crippen LogP contribution in [0.25, 0.3) is 0 Å². The lowest BCUT2D eigenvalue weighted by Crippen LogP contribution is -2.37. The van der Waals surface area contributed by atoms with Crippen LogP contribution in [0.4, 0.5) is 0 Å². The number of nitrogens with zero attached hydrogens (tertiary/aromatic N) is 1. The van der Waals surface area contributed by atoms with Crippen LogP contribution >= 0.6 is 11.3 Å². The predicted octanol–water partition coefficient (Wildman–Crippen LogP) is 1.58. The first-order valence-electron chi connectivity index (χ1n) is 5.69. The normalized spacial score (nSPS) is 17.5. The third kappa shape index (κ3) is 3.70. The highest BCUT2D eigenvalue weighted by molar-refractivity contribution is 7.10. The minimum Gasteiger partial charge on any atom is -0.379 e. The Labute approximate surface area is 100 Å². The molecule has 1 aliphatic rings. The minimum absolute atomic E-state index is 0.342. The van der Waals surface area contributed by atoms with Gasteiger partial charge in [0.2, 0.25) is 0 Å². The molecule has 1 saturated heterocycles. The lowest BCUT2D eigenvalue weighted by molar-refractivity contribution is -0.118. The third-order valence-corrected chi connectivity index (χ3v) is 3.64. The molecular formula is C12H17NO2S. The number of carbonyl (C=O) groups excluding carboxylic acids is 1. The van der Waals surface area contributed by atoms with Gasteiger partial charge in [0.15, 0.2) is 0 Å². The van der Waals surface area contributed by atoms with Crippen molar-refractivity contribution in [1.29, 1.82) is 0 Å². The second-order valence-corrected chi connectivity index (χ2v) is 5.03. The average molecular weight is 239 g/mol. The molecule has 2 heterocycles. The van der Waals surface area contributed by atoms with Gasteiger partial charge in [0.25, 0.3) is 0 Å². The topological polar surface area (TPSA) is 29.5 Å². The van der Waals surface area contributed by atoms with E-state index in [-0.39, 0.29) is 0 Å². The van der Waals surface area contributed by atoms with E-state index in [1.54, 1.807) is 11.3 Å². The molecule has 2 rings (SSSR count). The predicted molar refractivity (Wildman–Crippen MR) is 64.9 cm³/mol. The van der Waals surface area contributed by atoms with E-state index in [4.69, 9.17) is 4.74 Å². The summed E-state index contributed by atoms with van der Waals surface area (Å²) in [5.74, 6) is 0.342. The number of rotatable bonds is 5. The molecule has 16 heavy (non-hydrogen) atoms. The Balaban J connectivity index is 1.67. The van der Waals surface area contributed by atoms with Crippen LogP contribution in [0.15, 0.2) is 17.5 Å². The van der Waals surface area contributed by atoms with Gasteiger partial charge in [-0.2, -0.15) is 0 Å². The van der Waals surface area contributed by atoms with Gasteiger partial charge in [0, 0.05) is 37.4 Å². The summed E-state index contributed by atoms with van der Waals surface area (Å²) in [6, 6.07) is 4.02. The van der Waals surface area contributed by atoms with Gasteiger partial charge < -0.3 is 4.74 Å². The first-order chi connectivity index (χ1) is 7.84. The summed E-state index contributed by atoms with van der Waals surface area (Å²) >= 11 is 1.66. The molecule has 1 fully saturated rings. The Hall–Kier alpha value is -0.710. The van der Waals surface area contributed by atoms with E-state index in [2.05, 4.69) is 4.90 Å². The van der Waals surface area contributed by atoms with Crippen molar-refractivity contribution in [3.63, 3.8) is 0 Å². The van der Waals surface area contributed by atoms with Crippen LogP contribution in [-0.2, 0) is 16.0 Å². The first-order valence-corrected chi connectivity index (χ1v) is 6.57. The van der Waals surface area contributed by atoms with Crippen molar-refractivity contribution in [1.82, 2.24) is 4.90 Å². The average Bonchev–Trinajstić information content (AvgIpc) is 2.81. The Morgan fingerprint density at radius 3 is 2.94 bits per heavy atom. The first kappa shape index (κ1) is 11.8. The van der Waals surface area contributed by atoms with Gasteiger partial charge in [-0.1, -0.05) is 6.07 Å². The number of hydrogen-bond donors (Lipinski definition) is 0. The van der Waals surface area contributed by atoms with Gasteiger partial charge in [-0.05, 0) is 11.4 Å². The Morgan fingerprint density at radius 1 is 1.44 bits per heavy atom. The van der Waals surface area contributed by atoms with Gasteiger partial charge in [0.05, 0.1) is 13.2 Å². The van der Waals surface area contributed by atoms with E-state index >= 15 is 0 Å².